The van der Waals surface area contributed by atoms with Crippen LogP contribution in [0.1, 0.15) is 19.3 Å². The minimum absolute atomic E-state index is 0. The SMILES string of the molecule is Cl.NC1CCN(C(=O)C2CC2)C1. The highest BCUT2D eigenvalue weighted by molar-refractivity contribution is 5.85. The van der Waals surface area contributed by atoms with Crippen LogP contribution in [0.3, 0.4) is 0 Å². The monoisotopic (exact) mass is 190 g/mol. The van der Waals surface area contributed by atoms with Crippen LogP contribution in [0.25, 0.3) is 0 Å². The number of likely N-dealkylation sites (tertiary alicyclic amines) is 1. The summed E-state index contributed by atoms with van der Waals surface area (Å²) in [6.45, 7) is 1.67. The molecule has 0 aromatic heterocycles. The molecular weight excluding hydrogens is 176 g/mol. The highest BCUT2D eigenvalue weighted by atomic mass is 35.5. The summed E-state index contributed by atoms with van der Waals surface area (Å²) in [4.78, 5) is 13.3. The normalized spacial score (nSPS) is 28.4. The van der Waals surface area contributed by atoms with Crippen molar-refractivity contribution in [3.8, 4) is 0 Å². The smallest absolute Gasteiger partial charge is 0.225 e. The van der Waals surface area contributed by atoms with Crippen molar-refractivity contribution in [2.24, 2.45) is 11.7 Å². The Morgan fingerprint density at radius 2 is 2.00 bits per heavy atom. The number of carbonyl (C=O) groups is 1. The van der Waals surface area contributed by atoms with Gasteiger partial charge in [-0.3, -0.25) is 4.79 Å². The van der Waals surface area contributed by atoms with Crippen molar-refractivity contribution in [3.05, 3.63) is 0 Å². The highest BCUT2D eigenvalue weighted by Crippen LogP contribution is 2.31. The first-order valence-electron chi connectivity index (χ1n) is 4.32. The maximum Gasteiger partial charge on any atom is 0.225 e. The molecule has 2 N–H and O–H groups in total. The van der Waals surface area contributed by atoms with Crippen LogP contribution in [0.4, 0.5) is 0 Å². The van der Waals surface area contributed by atoms with Crippen LogP contribution in [-0.2, 0) is 4.79 Å². The summed E-state index contributed by atoms with van der Waals surface area (Å²) in [5.74, 6) is 0.707. The highest BCUT2D eigenvalue weighted by Gasteiger charge is 2.35. The molecule has 1 aliphatic carbocycles. The molecule has 0 spiro atoms. The number of hydrogen-bond donors (Lipinski definition) is 1. The molecule has 0 aromatic carbocycles. The lowest BCUT2D eigenvalue weighted by Gasteiger charge is -2.14. The van der Waals surface area contributed by atoms with Crippen LogP contribution in [-0.4, -0.2) is 29.9 Å². The van der Waals surface area contributed by atoms with Gasteiger partial charge in [0.1, 0.15) is 0 Å². The van der Waals surface area contributed by atoms with Crippen LogP contribution in [0.15, 0.2) is 0 Å². The van der Waals surface area contributed by atoms with E-state index in [4.69, 9.17) is 5.73 Å². The van der Waals surface area contributed by atoms with E-state index in [9.17, 15) is 4.79 Å². The number of amides is 1. The van der Waals surface area contributed by atoms with Crippen molar-refractivity contribution in [1.82, 2.24) is 4.90 Å². The van der Waals surface area contributed by atoms with Gasteiger partial charge in [0, 0.05) is 25.0 Å². The summed E-state index contributed by atoms with van der Waals surface area (Å²) >= 11 is 0. The molecule has 2 fully saturated rings. The first kappa shape index (κ1) is 9.81. The fourth-order valence-electron chi connectivity index (χ4n) is 1.58. The largest absolute Gasteiger partial charge is 0.341 e. The molecule has 0 bridgehead atoms. The average molecular weight is 191 g/mol. The summed E-state index contributed by atoms with van der Waals surface area (Å²) < 4.78 is 0. The molecule has 1 saturated heterocycles. The minimum Gasteiger partial charge on any atom is -0.341 e. The lowest BCUT2D eigenvalue weighted by atomic mass is 10.3. The maximum atomic E-state index is 11.4. The van der Waals surface area contributed by atoms with E-state index in [0.29, 0.717) is 11.8 Å². The van der Waals surface area contributed by atoms with Crippen molar-refractivity contribution in [2.45, 2.75) is 25.3 Å². The summed E-state index contributed by atoms with van der Waals surface area (Å²) in [5, 5.41) is 0. The first-order valence-corrected chi connectivity index (χ1v) is 4.32. The van der Waals surface area contributed by atoms with Crippen molar-refractivity contribution >= 4 is 18.3 Å². The van der Waals surface area contributed by atoms with E-state index in [1.165, 1.54) is 0 Å². The van der Waals surface area contributed by atoms with Gasteiger partial charge in [0.05, 0.1) is 0 Å². The Labute approximate surface area is 78.7 Å². The molecule has 1 amide bonds. The molecule has 12 heavy (non-hydrogen) atoms. The van der Waals surface area contributed by atoms with Gasteiger partial charge in [-0.1, -0.05) is 0 Å². The van der Waals surface area contributed by atoms with Gasteiger partial charge in [-0.05, 0) is 19.3 Å². The lowest BCUT2D eigenvalue weighted by molar-refractivity contribution is -0.131. The molecule has 2 aliphatic rings. The zero-order valence-electron chi connectivity index (χ0n) is 7.03. The van der Waals surface area contributed by atoms with Gasteiger partial charge in [-0.2, -0.15) is 0 Å². The van der Waals surface area contributed by atoms with Crippen molar-refractivity contribution in [3.63, 3.8) is 0 Å². The predicted molar refractivity (Wildman–Crippen MR) is 49.1 cm³/mol. The van der Waals surface area contributed by atoms with Crippen molar-refractivity contribution in [2.75, 3.05) is 13.1 Å². The second-order valence-electron chi connectivity index (χ2n) is 3.61. The Balaban J connectivity index is 0.000000720. The Kier molecular flexibility index (Phi) is 2.96. The number of nitrogens with zero attached hydrogens (tertiary/aromatic N) is 1. The van der Waals surface area contributed by atoms with Crippen LogP contribution in [0.5, 0.6) is 0 Å². The molecular formula is C8H15ClN2O. The van der Waals surface area contributed by atoms with Gasteiger partial charge in [-0.25, -0.2) is 0 Å². The Hall–Kier alpha value is -0.280. The summed E-state index contributed by atoms with van der Waals surface area (Å²) in [6.07, 6.45) is 3.19. The quantitative estimate of drug-likeness (QED) is 0.650. The molecule has 0 radical (unpaired) electrons. The number of rotatable bonds is 1. The molecule has 1 aliphatic heterocycles. The molecule has 0 aromatic rings. The van der Waals surface area contributed by atoms with Gasteiger partial charge in [0.25, 0.3) is 0 Å². The molecule has 2 rings (SSSR count). The molecule has 70 valence electrons. The van der Waals surface area contributed by atoms with E-state index in [1.54, 1.807) is 0 Å². The van der Waals surface area contributed by atoms with Gasteiger partial charge in [0.15, 0.2) is 0 Å². The topological polar surface area (TPSA) is 46.3 Å². The molecule has 4 heteroatoms. The number of nitrogens with two attached hydrogens (primary N) is 1. The molecule has 1 atom stereocenters. The summed E-state index contributed by atoms with van der Waals surface area (Å²) in [7, 11) is 0. The third-order valence-corrected chi connectivity index (χ3v) is 2.46. The van der Waals surface area contributed by atoms with Crippen molar-refractivity contribution < 1.29 is 4.79 Å². The van der Waals surface area contributed by atoms with Gasteiger partial charge >= 0.3 is 0 Å². The number of hydrogen-bond acceptors (Lipinski definition) is 2. The lowest BCUT2D eigenvalue weighted by Crippen LogP contribution is -2.32. The molecule has 1 saturated carbocycles. The molecule has 1 unspecified atom stereocenters. The third kappa shape index (κ3) is 1.90. The van der Waals surface area contributed by atoms with E-state index < -0.39 is 0 Å². The van der Waals surface area contributed by atoms with E-state index in [1.807, 2.05) is 4.90 Å². The van der Waals surface area contributed by atoms with E-state index >= 15 is 0 Å². The first-order chi connectivity index (χ1) is 5.27. The standard InChI is InChI=1S/C8H14N2O.ClH/c9-7-3-4-10(5-7)8(11)6-1-2-6;/h6-7H,1-5,9H2;1H. The molecule has 1 heterocycles. The fraction of sp³-hybridized carbons (Fsp3) is 0.875. The zero-order valence-corrected chi connectivity index (χ0v) is 7.85. The number of halogens is 1. The predicted octanol–water partition coefficient (Wildman–Crippen LogP) is 0.378. The van der Waals surface area contributed by atoms with E-state index in [-0.39, 0.29) is 18.4 Å². The summed E-state index contributed by atoms with van der Waals surface area (Å²) in [6, 6.07) is 0.234. The van der Waals surface area contributed by atoms with E-state index in [0.717, 1.165) is 32.4 Å². The van der Waals surface area contributed by atoms with Gasteiger partial charge < -0.3 is 10.6 Å². The number of carbonyl (C=O) groups excluding carboxylic acids is 1. The fourth-order valence-corrected chi connectivity index (χ4v) is 1.58. The van der Waals surface area contributed by atoms with Crippen LogP contribution in [0, 0.1) is 5.92 Å². The maximum absolute atomic E-state index is 11.4. The Morgan fingerprint density at radius 3 is 2.42 bits per heavy atom. The van der Waals surface area contributed by atoms with Crippen LogP contribution in [0.2, 0.25) is 0 Å². The Bertz CT molecular complexity index is 182. The van der Waals surface area contributed by atoms with Crippen molar-refractivity contribution in [1.29, 1.82) is 0 Å². The van der Waals surface area contributed by atoms with Gasteiger partial charge in [-0.15, -0.1) is 12.4 Å². The second-order valence-corrected chi connectivity index (χ2v) is 3.61. The average Bonchev–Trinajstić information content (AvgIpc) is 2.74. The van der Waals surface area contributed by atoms with Crippen LogP contribution < -0.4 is 5.73 Å². The summed E-state index contributed by atoms with van der Waals surface area (Å²) in [5.41, 5.74) is 5.69. The second kappa shape index (κ2) is 3.62. The minimum atomic E-state index is 0. The van der Waals surface area contributed by atoms with Crippen LogP contribution >= 0.6 is 12.4 Å². The zero-order chi connectivity index (χ0) is 7.84. The Morgan fingerprint density at radius 1 is 1.33 bits per heavy atom. The third-order valence-electron chi connectivity index (χ3n) is 2.46. The molecule has 3 nitrogen and oxygen atoms in total. The van der Waals surface area contributed by atoms with E-state index in [2.05, 4.69) is 0 Å². The van der Waals surface area contributed by atoms with Gasteiger partial charge in [0.2, 0.25) is 5.91 Å².